The quantitative estimate of drug-likeness (QED) is 0.328. The Kier molecular flexibility index (Phi) is 9.21. The van der Waals surface area contributed by atoms with Gasteiger partial charge in [0.1, 0.15) is 13.6 Å². The second-order valence-corrected chi connectivity index (χ2v) is 14.4. The molecule has 8 heteroatoms. The van der Waals surface area contributed by atoms with Crippen LogP contribution >= 0.6 is 0 Å². The summed E-state index contributed by atoms with van der Waals surface area (Å²) in [5, 5.41) is 3.92. The molecule has 0 saturated heterocycles. The Hall–Kier alpha value is -1.22. The second-order valence-electron chi connectivity index (χ2n) is 14.4. The van der Waals surface area contributed by atoms with Crippen LogP contribution in [-0.4, -0.2) is 50.2 Å². The van der Waals surface area contributed by atoms with Crippen LogP contribution < -0.4 is 5.76 Å². The lowest BCUT2D eigenvalue weighted by Crippen LogP contribution is -2.62. The number of nitrogens with zero attached hydrogens (tertiary/aromatic N) is 1. The highest BCUT2D eigenvalue weighted by atomic mass is 16.7. The fraction of sp³-hybridized carbons (Fsp3) is 0.938. The zero-order valence-electron chi connectivity index (χ0n) is 25.9. The van der Waals surface area contributed by atoms with Crippen molar-refractivity contribution in [1.29, 1.82) is 0 Å². The van der Waals surface area contributed by atoms with Gasteiger partial charge >= 0.3 is 5.76 Å². The van der Waals surface area contributed by atoms with Gasteiger partial charge in [-0.25, -0.2) is 4.79 Å². The van der Waals surface area contributed by atoms with Gasteiger partial charge in [0, 0.05) is 20.6 Å². The average Bonchev–Trinajstić information content (AvgIpc) is 3.49. The molecule has 0 radical (unpaired) electrons. The van der Waals surface area contributed by atoms with Crippen molar-refractivity contribution in [2.75, 3.05) is 27.8 Å². The van der Waals surface area contributed by atoms with Crippen molar-refractivity contribution in [2.24, 2.45) is 58.2 Å². The molecule has 0 spiro atoms. The summed E-state index contributed by atoms with van der Waals surface area (Å²) in [5.74, 6) is 4.72. The first-order chi connectivity index (χ1) is 19.2. The number of fused-ring (bicyclic) bond motifs is 5. The van der Waals surface area contributed by atoms with Crippen LogP contribution in [0.25, 0.3) is 0 Å². The SMILES string of the molecule is CC[C@H]1C(OCOC)C2C3C[C@H](OCOC)[C@H]([C@H](C)CCc4noc(=O)[nH]4)[C@@]3(C)CCC2[C@@]2(C)CC[C@@H](C)C[C@@H]12. The molecular weight excluding hydrogens is 508 g/mol. The third-order valence-corrected chi connectivity index (χ3v) is 12.4. The Morgan fingerprint density at radius 1 is 1.02 bits per heavy atom. The number of aryl methyl sites for hydroxylation is 1. The van der Waals surface area contributed by atoms with E-state index in [1.807, 2.05) is 0 Å². The molecule has 4 aliphatic carbocycles. The van der Waals surface area contributed by atoms with Crippen molar-refractivity contribution in [2.45, 2.75) is 105 Å². The van der Waals surface area contributed by atoms with E-state index in [2.05, 4.69) is 44.8 Å². The van der Waals surface area contributed by atoms with Gasteiger partial charge in [-0.15, -0.1) is 0 Å². The third-order valence-electron chi connectivity index (χ3n) is 12.4. The van der Waals surface area contributed by atoms with Gasteiger partial charge in [-0.05, 0) is 96.7 Å². The van der Waals surface area contributed by atoms with Crippen molar-refractivity contribution in [3.63, 3.8) is 0 Å². The van der Waals surface area contributed by atoms with Gasteiger partial charge in [-0.3, -0.25) is 9.51 Å². The first kappa shape index (κ1) is 30.2. The molecule has 4 aliphatic rings. The molecule has 0 amide bonds. The van der Waals surface area contributed by atoms with Crippen molar-refractivity contribution in [3.8, 4) is 0 Å². The fourth-order valence-corrected chi connectivity index (χ4v) is 10.8. The molecule has 4 saturated carbocycles. The van der Waals surface area contributed by atoms with Crippen LogP contribution in [0.3, 0.4) is 0 Å². The van der Waals surface area contributed by atoms with E-state index in [4.69, 9.17) is 23.5 Å². The third kappa shape index (κ3) is 5.24. The van der Waals surface area contributed by atoms with Gasteiger partial charge in [0.25, 0.3) is 0 Å². The van der Waals surface area contributed by atoms with Gasteiger partial charge in [0.05, 0.1) is 12.2 Å². The second kappa shape index (κ2) is 12.2. The average molecular weight is 563 g/mol. The van der Waals surface area contributed by atoms with Gasteiger partial charge in [0.2, 0.25) is 0 Å². The molecular formula is C32H54N2O6. The molecule has 0 bridgehead atoms. The summed E-state index contributed by atoms with van der Waals surface area (Å²) < 4.78 is 29.0. The zero-order valence-corrected chi connectivity index (χ0v) is 25.9. The number of rotatable bonds is 11. The van der Waals surface area contributed by atoms with Crippen molar-refractivity contribution in [3.05, 3.63) is 16.4 Å². The predicted molar refractivity (Wildman–Crippen MR) is 152 cm³/mol. The molecule has 40 heavy (non-hydrogen) atoms. The number of hydrogen-bond donors (Lipinski definition) is 1. The smallest absolute Gasteiger partial charge is 0.359 e. The highest BCUT2D eigenvalue weighted by Crippen LogP contribution is 2.70. The van der Waals surface area contributed by atoms with Crippen LogP contribution in [0.15, 0.2) is 9.32 Å². The van der Waals surface area contributed by atoms with Crippen LogP contribution in [0.4, 0.5) is 0 Å². The van der Waals surface area contributed by atoms with Crippen LogP contribution in [0.5, 0.6) is 0 Å². The topological polar surface area (TPSA) is 95.8 Å². The number of H-pyrrole nitrogens is 1. The van der Waals surface area contributed by atoms with E-state index in [1.54, 1.807) is 14.2 Å². The molecule has 1 heterocycles. The van der Waals surface area contributed by atoms with E-state index in [0.717, 1.165) is 31.1 Å². The maximum atomic E-state index is 11.5. The van der Waals surface area contributed by atoms with Gasteiger partial charge in [0.15, 0.2) is 5.82 Å². The highest BCUT2D eigenvalue weighted by Gasteiger charge is 2.67. The molecule has 1 aromatic rings. The van der Waals surface area contributed by atoms with E-state index in [1.165, 1.54) is 32.1 Å². The molecule has 12 atom stereocenters. The lowest BCUT2D eigenvalue weighted by atomic mass is 9.41. The monoisotopic (exact) mass is 562 g/mol. The van der Waals surface area contributed by atoms with Crippen LogP contribution in [0.2, 0.25) is 0 Å². The number of nitrogens with one attached hydrogen (secondary N) is 1. The molecule has 4 unspecified atom stereocenters. The van der Waals surface area contributed by atoms with Crippen LogP contribution in [0, 0.1) is 58.2 Å². The normalized spacial score (nSPS) is 43.6. The molecule has 4 fully saturated rings. The highest BCUT2D eigenvalue weighted by molar-refractivity contribution is 5.15. The number of ether oxygens (including phenoxy) is 4. The Morgan fingerprint density at radius 3 is 2.42 bits per heavy atom. The summed E-state index contributed by atoms with van der Waals surface area (Å²) in [6, 6.07) is 0. The molecule has 1 aromatic heterocycles. The lowest BCUT2D eigenvalue weighted by Gasteiger charge is -2.65. The minimum atomic E-state index is -0.482. The Morgan fingerprint density at radius 2 is 1.75 bits per heavy atom. The summed E-state index contributed by atoms with van der Waals surface area (Å²) in [5.41, 5.74) is 0.520. The standard InChI is InChI=1S/C32H54N2O6/c1-8-21-23-15-19(2)11-13-31(23,4)22-12-14-32(5)24(27(22)29(21)39-18-37-7)16-25(38-17-36-6)28(32)20(3)9-10-26-33-30(35)40-34-26/h19-25,27-29H,8-18H2,1-7H3,(H,33,34,35)/t19-,20-,21-,22?,23+,24?,25+,27?,28+,29?,31-,32+/m1/s1. The predicted octanol–water partition coefficient (Wildman–Crippen LogP) is 6.06. The van der Waals surface area contributed by atoms with Crippen molar-refractivity contribution < 1.29 is 23.5 Å². The summed E-state index contributed by atoms with van der Waals surface area (Å²) >= 11 is 0. The summed E-state index contributed by atoms with van der Waals surface area (Å²) in [6.45, 7) is 13.1. The van der Waals surface area contributed by atoms with E-state index >= 15 is 0 Å². The Labute approximate surface area is 240 Å². The number of aromatic nitrogens is 2. The van der Waals surface area contributed by atoms with Gasteiger partial charge < -0.3 is 18.9 Å². The van der Waals surface area contributed by atoms with Gasteiger partial charge in [-0.1, -0.05) is 52.6 Å². The minimum absolute atomic E-state index is 0.139. The van der Waals surface area contributed by atoms with Crippen LogP contribution in [0.1, 0.15) is 91.8 Å². The first-order valence-electron chi connectivity index (χ1n) is 15.9. The maximum absolute atomic E-state index is 11.5. The lowest BCUT2D eigenvalue weighted by molar-refractivity contribution is -0.231. The van der Waals surface area contributed by atoms with Crippen molar-refractivity contribution in [1.82, 2.24) is 10.1 Å². The van der Waals surface area contributed by atoms with Crippen molar-refractivity contribution >= 4 is 0 Å². The molecule has 0 aromatic carbocycles. The van der Waals surface area contributed by atoms with Gasteiger partial charge in [-0.2, -0.15) is 0 Å². The van der Waals surface area contributed by atoms with E-state index in [9.17, 15) is 4.79 Å². The zero-order chi connectivity index (χ0) is 28.7. The number of methoxy groups -OCH3 is 2. The molecule has 1 N–H and O–H groups in total. The Bertz CT molecular complexity index is 1030. The van der Waals surface area contributed by atoms with E-state index < -0.39 is 5.76 Å². The van der Waals surface area contributed by atoms with Crippen LogP contribution in [-0.2, 0) is 25.4 Å². The number of aromatic amines is 1. The molecule has 228 valence electrons. The molecule has 0 aliphatic heterocycles. The molecule has 8 nitrogen and oxygen atoms in total. The molecule has 5 rings (SSSR count). The van der Waals surface area contributed by atoms with E-state index in [-0.39, 0.29) is 17.6 Å². The summed E-state index contributed by atoms with van der Waals surface area (Å²) in [4.78, 5) is 14.2. The fourth-order valence-electron chi connectivity index (χ4n) is 10.8. The first-order valence-corrected chi connectivity index (χ1v) is 15.9. The summed E-state index contributed by atoms with van der Waals surface area (Å²) in [7, 11) is 3.47. The minimum Gasteiger partial charge on any atom is -0.359 e. The largest absolute Gasteiger partial charge is 0.438 e. The van der Waals surface area contributed by atoms with E-state index in [0.29, 0.717) is 66.8 Å². The maximum Gasteiger partial charge on any atom is 0.438 e. The number of hydrogen-bond acceptors (Lipinski definition) is 7. The Balaban J connectivity index is 1.48. The summed E-state index contributed by atoms with van der Waals surface area (Å²) in [6.07, 6.45) is 10.7.